The van der Waals surface area contributed by atoms with E-state index in [0.717, 1.165) is 10.4 Å². The van der Waals surface area contributed by atoms with Gasteiger partial charge in [0, 0.05) is 9.75 Å². The number of hydrogen-bond acceptors (Lipinski definition) is 2. The lowest BCUT2D eigenvalue weighted by Gasteiger charge is -2.11. The Balaban J connectivity index is 2.28. The van der Waals surface area contributed by atoms with Crippen molar-refractivity contribution in [1.82, 2.24) is 0 Å². The van der Waals surface area contributed by atoms with Crippen LogP contribution in [0.4, 0.5) is 0 Å². The molecule has 0 aliphatic rings. The van der Waals surface area contributed by atoms with Crippen molar-refractivity contribution in [3.63, 3.8) is 0 Å². The van der Waals surface area contributed by atoms with Gasteiger partial charge in [0.2, 0.25) is 0 Å². The highest BCUT2D eigenvalue weighted by atomic mass is 32.1. The molecule has 1 N–H and O–H groups in total. The van der Waals surface area contributed by atoms with Crippen molar-refractivity contribution in [2.24, 2.45) is 0 Å². The standard InChI is InChI=1S/C11H11OS/c1-8-6-7-10(13-8)11(12)9-4-2-3-5-9/h2-7,11-12H,1H3/q-1. The van der Waals surface area contributed by atoms with E-state index in [-0.39, 0.29) is 0 Å². The van der Waals surface area contributed by atoms with E-state index in [9.17, 15) is 5.11 Å². The van der Waals surface area contributed by atoms with Gasteiger partial charge >= 0.3 is 0 Å². The molecule has 68 valence electrons. The quantitative estimate of drug-likeness (QED) is 0.724. The Morgan fingerprint density at radius 3 is 2.77 bits per heavy atom. The number of hydrogen-bond donors (Lipinski definition) is 1. The number of aliphatic hydroxyl groups excluding tert-OH is 1. The molecule has 1 nitrogen and oxygen atoms in total. The Kier molecular flexibility index (Phi) is 2.25. The summed E-state index contributed by atoms with van der Waals surface area (Å²) in [4.78, 5) is 2.25. The molecule has 1 aromatic heterocycles. The third-order valence-corrected chi connectivity index (χ3v) is 3.09. The first-order valence-corrected chi connectivity index (χ1v) is 5.05. The van der Waals surface area contributed by atoms with Crippen molar-refractivity contribution in [3.8, 4) is 0 Å². The average Bonchev–Trinajstić information content (AvgIpc) is 2.72. The predicted octanol–water partition coefficient (Wildman–Crippen LogP) is 2.86. The van der Waals surface area contributed by atoms with Crippen LogP contribution in [0.5, 0.6) is 0 Å². The summed E-state index contributed by atoms with van der Waals surface area (Å²) in [6, 6.07) is 11.8. The lowest BCUT2D eigenvalue weighted by molar-refractivity contribution is 0.224. The van der Waals surface area contributed by atoms with Gasteiger partial charge < -0.3 is 5.11 Å². The van der Waals surface area contributed by atoms with Crippen LogP contribution in [0, 0.1) is 6.92 Å². The number of thiophene rings is 1. The average molecular weight is 191 g/mol. The summed E-state index contributed by atoms with van der Waals surface area (Å²) < 4.78 is 0. The van der Waals surface area contributed by atoms with E-state index in [1.165, 1.54) is 4.88 Å². The molecule has 0 aliphatic carbocycles. The van der Waals surface area contributed by atoms with Gasteiger partial charge in [0.15, 0.2) is 0 Å². The summed E-state index contributed by atoms with van der Waals surface area (Å²) in [7, 11) is 0. The van der Waals surface area contributed by atoms with E-state index in [0.29, 0.717) is 0 Å². The molecule has 2 aromatic rings. The van der Waals surface area contributed by atoms with Crippen molar-refractivity contribution < 1.29 is 5.11 Å². The highest BCUT2D eigenvalue weighted by Gasteiger charge is 2.06. The molecule has 0 saturated carbocycles. The lowest BCUT2D eigenvalue weighted by Crippen LogP contribution is -1.93. The highest BCUT2D eigenvalue weighted by Crippen LogP contribution is 2.27. The Morgan fingerprint density at radius 2 is 2.23 bits per heavy atom. The molecule has 0 bridgehead atoms. The van der Waals surface area contributed by atoms with E-state index in [1.807, 2.05) is 43.3 Å². The summed E-state index contributed by atoms with van der Waals surface area (Å²) >= 11 is 1.64. The van der Waals surface area contributed by atoms with Crippen LogP contribution in [-0.2, 0) is 0 Å². The summed E-state index contributed by atoms with van der Waals surface area (Å²) in [6.07, 6.45) is -0.450. The zero-order valence-electron chi connectivity index (χ0n) is 7.40. The maximum Gasteiger partial charge on any atom is 0.0597 e. The first kappa shape index (κ1) is 8.60. The van der Waals surface area contributed by atoms with Gasteiger partial charge in [0.25, 0.3) is 0 Å². The van der Waals surface area contributed by atoms with Gasteiger partial charge in [-0.25, -0.2) is 6.07 Å². The van der Waals surface area contributed by atoms with E-state index in [1.54, 1.807) is 11.3 Å². The lowest BCUT2D eigenvalue weighted by atomic mass is 10.1. The minimum absolute atomic E-state index is 0.450. The fraction of sp³-hybridized carbons (Fsp3) is 0.182. The zero-order chi connectivity index (χ0) is 9.26. The van der Waals surface area contributed by atoms with Gasteiger partial charge in [-0.05, 0) is 19.1 Å². The Morgan fingerprint density at radius 1 is 1.38 bits per heavy atom. The van der Waals surface area contributed by atoms with Crippen LogP contribution < -0.4 is 0 Å². The molecule has 0 radical (unpaired) electrons. The normalized spacial score (nSPS) is 13.1. The zero-order valence-corrected chi connectivity index (χ0v) is 8.21. The van der Waals surface area contributed by atoms with Crippen LogP contribution in [0.3, 0.4) is 0 Å². The molecule has 1 heterocycles. The van der Waals surface area contributed by atoms with Gasteiger partial charge in [0.05, 0.1) is 6.10 Å². The molecular weight excluding hydrogens is 180 g/mol. The van der Waals surface area contributed by atoms with Crippen LogP contribution in [0.25, 0.3) is 0 Å². The third-order valence-electron chi connectivity index (χ3n) is 2.03. The molecule has 0 fully saturated rings. The molecule has 1 aromatic carbocycles. The van der Waals surface area contributed by atoms with Gasteiger partial charge in [-0.2, -0.15) is 23.8 Å². The van der Waals surface area contributed by atoms with E-state index in [4.69, 9.17) is 0 Å². The number of rotatable bonds is 2. The number of aryl methyl sites for hydroxylation is 1. The van der Waals surface area contributed by atoms with E-state index in [2.05, 4.69) is 0 Å². The largest absolute Gasteiger partial charge is 0.396 e. The van der Waals surface area contributed by atoms with E-state index >= 15 is 0 Å². The van der Waals surface area contributed by atoms with Crippen LogP contribution in [0.15, 0.2) is 36.4 Å². The first-order chi connectivity index (χ1) is 6.27. The van der Waals surface area contributed by atoms with Crippen molar-refractivity contribution in [2.75, 3.05) is 0 Å². The SMILES string of the molecule is Cc1ccc(C(O)c2cc[cH-]c2)s1. The topological polar surface area (TPSA) is 20.2 Å². The van der Waals surface area contributed by atoms with Crippen LogP contribution in [0.1, 0.15) is 21.4 Å². The molecule has 2 heteroatoms. The van der Waals surface area contributed by atoms with Gasteiger partial charge in [-0.15, -0.1) is 11.3 Å². The fourth-order valence-corrected chi connectivity index (χ4v) is 2.23. The monoisotopic (exact) mass is 191 g/mol. The maximum absolute atomic E-state index is 9.90. The van der Waals surface area contributed by atoms with Gasteiger partial charge in [-0.1, -0.05) is 0 Å². The Bertz CT molecular complexity index is 372. The van der Waals surface area contributed by atoms with Crippen molar-refractivity contribution >= 4 is 11.3 Å². The molecule has 2 rings (SSSR count). The van der Waals surface area contributed by atoms with Crippen LogP contribution in [0.2, 0.25) is 0 Å². The molecule has 1 unspecified atom stereocenters. The Hall–Kier alpha value is -0.990. The second kappa shape index (κ2) is 3.40. The molecule has 0 amide bonds. The van der Waals surface area contributed by atoms with Gasteiger partial charge in [-0.3, -0.25) is 0 Å². The maximum atomic E-state index is 9.90. The molecule has 0 spiro atoms. The summed E-state index contributed by atoms with van der Waals surface area (Å²) in [6.45, 7) is 2.05. The summed E-state index contributed by atoms with van der Waals surface area (Å²) in [5, 5.41) is 9.90. The predicted molar refractivity (Wildman–Crippen MR) is 55.2 cm³/mol. The molecule has 0 saturated heterocycles. The molecule has 0 aliphatic heterocycles. The summed E-state index contributed by atoms with van der Waals surface area (Å²) in [5.41, 5.74) is 0.974. The van der Waals surface area contributed by atoms with E-state index < -0.39 is 6.10 Å². The smallest absolute Gasteiger partial charge is 0.0597 e. The van der Waals surface area contributed by atoms with Crippen molar-refractivity contribution in [1.29, 1.82) is 0 Å². The second-order valence-corrected chi connectivity index (χ2v) is 4.39. The summed E-state index contributed by atoms with van der Waals surface area (Å²) in [5.74, 6) is 0. The first-order valence-electron chi connectivity index (χ1n) is 4.23. The second-order valence-electron chi connectivity index (χ2n) is 3.07. The fourth-order valence-electron chi connectivity index (χ4n) is 1.34. The minimum atomic E-state index is -0.450. The third kappa shape index (κ3) is 1.69. The molecular formula is C11H11OS-. The Labute approximate surface area is 81.6 Å². The molecule has 1 atom stereocenters. The van der Waals surface area contributed by atoms with Crippen LogP contribution in [-0.4, -0.2) is 5.11 Å². The van der Waals surface area contributed by atoms with Crippen LogP contribution >= 0.6 is 11.3 Å². The number of aliphatic hydroxyl groups is 1. The highest BCUT2D eigenvalue weighted by molar-refractivity contribution is 7.12. The molecule has 13 heavy (non-hydrogen) atoms. The van der Waals surface area contributed by atoms with Gasteiger partial charge in [0.1, 0.15) is 0 Å². The minimum Gasteiger partial charge on any atom is -0.396 e. The van der Waals surface area contributed by atoms with Crippen molar-refractivity contribution in [2.45, 2.75) is 13.0 Å². The van der Waals surface area contributed by atoms with Crippen molar-refractivity contribution in [3.05, 3.63) is 51.7 Å².